The van der Waals surface area contributed by atoms with E-state index in [1.54, 1.807) is 19.2 Å². The second-order valence-corrected chi connectivity index (χ2v) is 11.1. The van der Waals surface area contributed by atoms with Crippen LogP contribution in [0.2, 0.25) is 0 Å². The zero-order valence-corrected chi connectivity index (χ0v) is 25.6. The van der Waals surface area contributed by atoms with Crippen molar-refractivity contribution in [3.63, 3.8) is 0 Å². The third-order valence-electron chi connectivity index (χ3n) is 7.25. The van der Waals surface area contributed by atoms with Gasteiger partial charge in [0.2, 0.25) is 11.7 Å². The van der Waals surface area contributed by atoms with Gasteiger partial charge in [0.15, 0.2) is 0 Å². The van der Waals surface area contributed by atoms with E-state index in [1.165, 1.54) is 11.8 Å². The summed E-state index contributed by atoms with van der Waals surface area (Å²) in [5, 5.41) is 18.8. The number of hydrogen-bond donors (Lipinski definition) is 1. The SMILES string of the molecule is C.CC(=O)O.COc1ccc(N2CCN(CCC(=O)N3CCC(Oc4ccc([N+](=O)[O-])c(OCC(C)C)c4)CC3)CC2)cc1. The molecule has 0 bridgehead atoms. The summed E-state index contributed by atoms with van der Waals surface area (Å²) < 4.78 is 17.0. The highest BCUT2D eigenvalue weighted by Crippen LogP contribution is 2.33. The normalized spacial score (nSPS) is 15.5. The summed E-state index contributed by atoms with van der Waals surface area (Å²) in [6.07, 6.45) is 1.93. The van der Waals surface area contributed by atoms with Crippen molar-refractivity contribution < 1.29 is 33.8 Å². The summed E-state index contributed by atoms with van der Waals surface area (Å²) in [5.74, 6) is 1.24. The molecular weight excluding hydrogens is 568 g/mol. The monoisotopic (exact) mass is 616 g/mol. The molecule has 1 amide bonds. The largest absolute Gasteiger partial charge is 0.497 e. The van der Waals surface area contributed by atoms with Crippen molar-refractivity contribution in [2.45, 2.75) is 53.6 Å². The number of piperazine rings is 1. The van der Waals surface area contributed by atoms with Crippen LogP contribution in [0, 0.1) is 16.0 Å². The van der Waals surface area contributed by atoms with Crippen LogP contribution in [-0.2, 0) is 9.59 Å². The minimum absolute atomic E-state index is 0. The summed E-state index contributed by atoms with van der Waals surface area (Å²) in [6.45, 7) is 11.3. The quantitative estimate of drug-likeness (QED) is 0.273. The summed E-state index contributed by atoms with van der Waals surface area (Å²) in [4.78, 5) is 39.5. The third-order valence-corrected chi connectivity index (χ3v) is 7.25. The van der Waals surface area contributed by atoms with E-state index in [2.05, 4.69) is 21.9 Å². The van der Waals surface area contributed by atoms with Crippen molar-refractivity contribution in [3.8, 4) is 17.2 Å². The standard InChI is InChI=1S/C29H40N4O6.C2H4O2.CH4/c1-22(2)21-38-28-20-26(8-9-27(28)33(35)36)39-25-10-14-32(15-11-25)29(34)12-13-30-16-18-31(19-17-30)23-4-6-24(37-3)7-5-23;1-2(3)4;/h4-9,20,22,25H,10-19,21H2,1-3H3;1H3,(H,3,4);1H4. The topological polar surface area (TPSA) is 135 Å². The summed E-state index contributed by atoms with van der Waals surface area (Å²) >= 11 is 0. The molecule has 244 valence electrons. The van der Waals surface area contributed by atoms with Gasteiger partial charge in [-0.2, -0.15) is 0 Å². The number of ether oxygens (including phenoxy) is 3. The lowest BCUT2D eigenvalue weighted by Crippen LogP contribution is -2.48. The first-order valence-corrected chi connectivity index (χ1v) is 14.7. The highest BCUT2D eigenvalue weighted by molar-refractivity contribution is 5.76. The number of nitrogens with zero attached hydrogens (tertiary/aromatic N) is 4. The maximum atomic E-state index is 12.9. The van der Waals surface area contributed by atoms with Crippen molar-refractivity contribution in [2.24, 2.45) is 5.92 Å². The van der Waals surface area contributed by atoms with Crippen molar-refractivity contribution in [3.05, 3.63) is 52.6 Å². The molecular formula is C32H48N4O8. The number of aliphatic carboxylic acids is 1. The second kappa shape index (κ2) is 17.9. The Labute approximate surface area is 260 Å². The van der Waals surface area contributed by atoms with E-state index < -0.39 is 10.9 Å². The number of likely N-dealkylation sites (tertiary alicyclic amines) is 1. The van der Waals surface area contributed by atoms with E-state index in [1.807, 2.05) is 30.9 Å². The lowest BCUT2D eigenvalue weighted by molar-refractivity contribution is -0.385. The number of methoxy groups -OCH3 is 1. The highest BCUT2D eigenvalue weighted by atomic mass is 16.6. The van der Waals surface area contributed by atoms with Gasteiger partial charge < -0.3 is 29.1 Å². The van der Waals surface area contributed by atoms with Gasteiger partial charge >= 0.3 is 5.69 Å². The molecule has 12 heteroatoms. The van der Waals surface area contributed by atoms with Gasteiger partial charge in [0.25, 0.3) is 5.97 Å². The first-order valence-electron chi connectivity index (χ1n) is 14.7. The number of benzene rings is 2. The van der Waals surface area contributed by atoms with Crippen LogP contribution in [0.5, 0.6) is 17.2 Å². The molecule has 2 aliphatic rings. The second-order valence-electron chi connectivity index (χ2n) is 11.1. The Hall–Kier alpha value is -4.06. The third kappa shape index (κ3) is 11.6. The average Bonchev–Trinajstić information content (AvgIpc) is 2.99. The number of amides is 1. The number of piperidine rings is 1. The molecule has 2 aromatic rings. The molecule has 2 saturated heterocycles. The number of hydrogen-bond acceptors (Lipinski definition) is 9. The summed E-state index contributed by atoms with van der Waals surface area (Å²) in [7, 11) is 1.67. The van der Waals surface area contributed by atoms with Crippen LogP contribution >= 0.6 is 0 Å². The van der Waals surface area contributed by atoms with Gasteiger partial charge in [-0.05, 0) is 36.2 Å². The fraction of sp³-hybridized carbons (Fsp3) is 0.562. The van der Waals surface area contributed by atoms with Gasteiger partial charge in [-0.3, -0.25) is 24.6 Å². The minimum Gasteiger partial charge on any atom is -0.497 e. The Morgan fingerprint density at radius 1 is 1.00 bits per heavy atom. The van der Waals surface area contributed by atoms with E-state index in [4.69, 9.17) is 24.1 Å². The first-order chi connectivity index (χ1) is 20.5. The molecule has 2 aliphatic heterocycles. The number of carbonyl (C=O) groups is 2. The van der Waals surface area contributed by atoms with Crippen LogP contribution in [0.1, 0.15) is 47.5 Å². The Morgan fingerprint density at radius 2 is 1.59 bits per heavy atom. The van der Waals surface area contributed by atoms with Crippen LogP contribution in [0.25, 0.3) is 0 Å². The Balaban J connectivity index is 0.00000127. The Morgan fingerprint density at radius 3 is 2.14 bits per heavy atom. The van der Waals surface area contributed by atoms with Gasteiger partial charge in [0, 0.05) is 89.8 Å². The van der Waals surface area contributed by atoms with E-state index in [0.29, 0.717) is 31.9 Å². The van der Waals surface area contributed by atoms with Gasteiger partial charge in [0.1, 0.15) is 17.6 Å². The van der Waals surface area contributed by atoms with Crippen molar-refractivity contribution in [1.29, 1.82) is 0 Å². The molecule has 0 unspecified atom stereocenters. The number of carboxylic acid groups (broad SMARTS) is 1. The van der Waals surface area contributed by atoms with Gasteiger partial charge in [0.05, 0.1) is 18.6 Å². The van der Waals surface area contributed by atoms with Gasteiger partial charge in [-0.25, -0.2) is 0 Å². The van der Waals surface area contributed by atoms with E-state index >= 15 is 0 Å². The summed E-state index contributed by atoms with van der Waals surface area (Å²) in [5.41, 5.74) is 1.13. The molecule has 4 rings (SSSR count). The number of nitro benzene ring substituents is 1. The lowest BCUT2D eigenvalue weighted by Gasteiger charge is -2.37. The van der Waals surface area contributed by atoms with E-state index in [0.717, 1.165) is 58.2 Å². The average molecular weight is 617 g/mol. The van der Waals surface area contributed by atoms with Gasteiger partial charge in [-0.1, -0.05) is 21.3 Å². The fourth-order valence-corrected chi connectivity index (χ4v) is 4.94. The number of carbonyl (C=O) groups excluding carboxylic acids is 1. The minimum atomic E-state index is -0.833. The van der Waals surface area contributed by atoms with Crippen molar-refractivity contribution in [1.82, 2.24) is 9.80 Å². The smallest absolute Gasteiger partial charge is 0.311 e. The first kappa shape index (κ1) is 36.1. The molecule has 0 saturated carbocycles. The Bertz CT molecular complexity index is 1190. The molecule has 44 heavy (non-hydrogen) atoms. The van der Waals surface area contributed by atoms with Crippen LogP contribution in [0.3, 0.4) is 0 Å². The number of anilines is 1. The number of carboxylic acids is 1. The van der Waals surface area contributed by atoms with Crippen LogP contribution in [0.4, 0.5) is 11.4 Å². The number of nitro groups is 1. The predicted octanol–water partition coefficient (Wildman–Crippen LogP) is 4.95. The molecule has 2 heterocycles. The maximum Gasteiger partial charge on any atom is 0.311 e. The fourth-order valence-electron chi connectivity index (χ4n) is 4.94. The van der Waals surface area contributed by atoms with E-state index in [9.17, 15) is 14.9 Å². The zero-order valence-electron chi connectivity index (χ0n) is 25.6. The van der Waals surface area contributed by atoms with Crippen molar-refractivity contribution >= 4 is 23.3 Å². The van der Waals surface area contributed by atoms with Gasteiger partial charge in [-0.15, -0.1) is 0 Å². The molecule has 0 aromatic heterocycles. The van der Waals surface area contributed by atoms with Crippen LogP contribution in [0.15, 0.2) is 42.5 Å². The highest BCUT2D eigenvalue weighted by Gasteiger charge is 2.26. The van der Waals surface area contributed by atoms with E-state index in [-0.39, 0.29) is 36.8 Å². The molecule has 12 nitrogen and oxygen atoms in total. The molecule has 1 N–H and O–H groups in total. The molecule has 2 aromatic carbocycles. The summed E-state index contributed by atoms with van der Waals surface area (Å²) in [6, 6.07) is 12.8. The van der Waals surface area contributed by atoms with Crippen molar-refractivity contribution in [2.75, 3.05) is 64.4 Å². The van der Waals surface area contributed by atoms with Crippen LogP contribution in [-0.4, -0.2) is 97.3 Å². The molecule has 0 atom stereocenters. The Kier molecular flexibility index (Phi) is 14.7. The maximum absolute atomic E-state index is 12.9. The predicted molar refractivity (Wildman–Crippen MR) is 170 cm³/mol. The molecule has 0 radical (unpaired) electrons. The molecule has 0 spiro atoms. The molecule has 0 aliphatic carbocycles. The number of rotatable bonds is 11. The van der Waals surface area contributed by atoms with Crippen LogP contribution < -0.4 is 19.1 Å². The molecule has 2 fully saturated rings. The zero-order chi connectivity index (χ0) is 31.4. The lowest BCUT2D eigenvalue weighted by atomic mass is 10.1.